The molecular weight excluding hydrogens is 244 g/mol. The quantitative estimate of drug-likeness (QED) is 0.896. The predicted molar refractivity (Wildman–Crippen MR) is 70.7 cm³/mol. The average Bonchev–Trinajstić information content (AvgIpc) is 2.46. The highest BCUT2D eigenvalue weighted by Crippen LogP contribution is 2.30. The Morgan fingerprint density at radius 1 is 1.21 bits per heavy atom. The van der Waals surface area contributed by atoms with E-state index < -0.39 is 0 Å². The van der Waals surface area contributed by atoms with Crippen LogP contribution in [0.5, 0.6) is 11.5 Å². The zero-order valence-electron chi connectivity index (χ0n) is 10.9. The average molecular weight is 262 g/mol. The van der Waals surface area contributed by atoms with Crippen LogP contribution in [-0.2, 0) is 6.42 Å². The lowest BCUT2D eigenvalue weighted by Crippen LogP contribution is -2.47. The van der Waals surface area contributed by atoms with Gasteiger partial charge in [-0.1, -0.05) is 6.07 Å². The molecule has 1 fully saturated rings. The fourth-order valence-electron chi connectivity index (χ4n) is 2.40. The molecule has 19 heavy (non-hydrogen) atoms. The molecule has 1 N–H and O–H groups in total. The highest BCUT2D eigenvalue weighted by molar-refractivity contribution is 5.74. The predicted octanol–water partition coefficient (Wildman–Crippen LogP) is 1.42. The van der Waals surface area contributed by atoms with Crippen molar-refractivity contribution in [1.82, 2.24) is 10.2 Å². The molecular formula is C14H18N2O3. The molecule has 3 rings (SSSR count). The van der Waals surface area contributed by atoms with Gasteiger partial charge in [0.05, 0.1) is 0 Å². The maximum absolute atomic E-state index is 11.6. The number of ether oxygens (including phenoxy) is 2. The second kappa shape index (κ2) is 5.38. The summed E-state index contributed by atoms with van der Waals surface area (Å²) in [4.78, 5) is 13.5. The molecule has 0 radical (unpaired) electrons. The standard InChI is InChI=1S/C14H18N2O3/c17-14-15-5-1-6-16(14)7-4-11-2-3-12-13(10-11)19-9-8-18-12/h2-3,10H,1,4-9H2,(H,15,17). The van der Waals surface area contributed by atoms with Crippen molar-refractivity contribution < 1.29 is 14.3 Å². The lowest BCUT2D eigenvalue weighted by atomic mass is 10.1. The third kappa shape index (κ3) is 2.75. The van der Waals surface area contributed by atoms with Crippen molar-refractivity contribution in [3.05, 3.63) is 23.8 Å². The first kappa shape index (κ1) is 12.1. The van der Waals surface area contributed by atoms with Gasteiger partial charge in [-0.3, -0.25) is 0 Å². The van der Waals surface area contributed by atoms with E-state index in [0.717, 1.165) is 44.0 Å². The summed E-state index contributed by atoms with van der Waals surface area (Å²) in [5.41, 5.74) is 1.17. The molecule has 1 saturated heterocycles. The number of nitrogens with zero attached hydrogens (tertiary/aromatic N) is 1. The van der Waals surface area contributed by atoms with E-state index in [0.29, 0.717) is 13.2 Å². The molecule has 2 aliphatic rings. The number of carbonyl (C=O) groups is 1. The Kier molecular flexibility index (Phi) is 3.44. The van der Waals surface area contributed by atoms with Gasteiger partial charge in [-0.2, -0.15) is 0 Å². The summed E-state index contributed by atoms with van der Waals surface area (Å²) in [6.07, 6.45) is 1.86. The van der Waals surface area contributed by atoms with E-state index in [1.807, 2.05) is 23.1 Å². The third-order valence-corrected chi connectivity index (χ3v) is 3.45. The second-order valence-electron chi connectivity index (χ2n) is 4.80. The lowest BCUT2D eigenvalue weighted by molar-refractivity contribution is 0.171. The van der Waals surface area contributed by atoms with E-state index in [2.05, 4.69) is 5.32 Å². The minimum atomic E-state index is 0.0452. The van der Waals surface area contributed by atoms with E-state index in [1.165, 1.54) is 5.56 Å². The number of rotatable bonds is 3. The van der Waals surface area contributed by atoms with Gasteiger partial charge in [0.15, 0.2) is 11.5 Å². The largest absolute Gasteiger partial charge is 0.486 e. The van der Waals surface area contributed by atoms with Crippen molar-refractivity contribution >= 4 is 6.03 Å². The monoisotopic (exact) mass is 262 g/mol. The van der Waals surface area contributed by atoms with Gasteiger partial charge in [0.1, 0.15) is 13.2 Å². The van der Waals surface area contributed by atoms with Crippen molar-refractivity contribution in [2.45, 2.75) is 12.8 Å². The molecule has 5 heteroatoms. The molecule has 0 atom stereocenters. The summed E-state index contributed by atoms with van der Waals surface area (Å²) in [5.74, 6) is 1.62. The van der Waals surface area contributed by atoms with Gasteiger partial charge < -0.3 is 19.7 Å². The van der Waals surface area contributed by atoms with Gasteiger partial charge in [-0.15, -0.1) is 0 Å². The molecule has 0 aliphatic carbocycles. The first-order valence-corrected chi connectivity index (χ1v) is 6.74. The fourth-order valence-corrected chi connectivity index (χ4v) is 2.40. The Morgan fingerprint density at radius 2 is 2.05 bits per heavy atom. The van der Waals surface area contributed by atoms with Crippen molar-refractivity contribution in [3.63, 3.8) is 0 Å². The number of urea groups is 1. The van der Waals surface area contributed by atoms with E-state index in [9.17, 15) is 4.79 Å². The number of amides is 2. The molecule has 2 amide bonds. The van der Waals surface area contributed by atoms with Crippen LogP contribution < -0.4 is 14.8 Å². The maximum Gasteiger partial charge on any atom is 0.317 e. The maximum atomic E-state index is 11.6. The molecule has 0 unspecified atom stereocenters. The van der Waals surface area contributed by atoms with Crippen LogP contribution in [0, 0.1) is 0 Å². The van der Waals surface area contributed by atoms with Crippen LogP contribution in [0.2, 0.25) is 0 Å². The van der Waals surface area contributed by atoms with Gasteiger partial charge >= 0.3 is 6.03 Å². The molecule has 0 aromatic heterocycles. The second-order valence-corrected chi connectivity index (χ2v) is 4.80. The summed E-state index contributed by atoms with van der Waals surface area (Å²) in [6.45, 7) is 3.59. The van der Waals surface area contributed by atoms with Crippen molar-refractivity contribution in [1.29, 1.82) is 0 Å². The smallest absolute Gasteiger partial charge is 0.317 e. The van der Waals surface area contributed by atoms with Gasteiger partial charge in [-0.25, -0.2) is 4.79 Å². The van der Waals surface area contributed by atoms with Crippen LogP contribution >= 0.6 is 0 Å². The molecule has 102 valence electrons. The first-order chi connectivity index (χ1) is 9.33. The lowest BCUT2D eigenvalue weighted by Gasteiger charge is -2.27. The van der Waals surface area contributed by atoms with Crippen LogP contribution in [0.3, 0.4) is 0 Å². The number of fused-ring (bicyclic) bond motifs is 1. The third-order valence-electron chi connectivity index (χ3n) is 3.45. The van der Waals surface area contributed by atoms with E-state index in [-0.39, 0.29) is 6.03 Å². The number of hydrogen-bond acceptors (Lipinski definition) is 3. The Hall–Kier alpha value is -1.91. The van der Waals surface area contributed by atoms with E-state index in [4.69, 9.17) is 9.47 Å². The molecule has 1 aromatic carbocycles. The Morgan fingerprint density at radius 3 is 2.89 bits per heavy atom. The summed E-state index contributed by atoms with van der Waals surface area (Å²) in [6, 6.07) is 6.04. The zero-order valence-corrected chi connectivity index (χ0v) is 10.9. The van der Waals surface area contributed by atoms with Crippen molar-refractivity contribution in [3.8, 4) is 11.5 Å². The minimum absolute atomic E-state index is 0.0452. The Labute approximate surface area is 112 Å². The highest BCUT2D eigenvalue weighted by atomic mass is 16.6. The van der Waals surface area contributed by atoms with Crippen LogP contribution in [0.4, 0.5) is 4.79 Å². The molecule has 1 aromatic rings. The van der Waals surface area contributed by atoms with Gasteiger partial charge in [0.2, 0.25) is 0 Å². The molecule has 0 spiro atoms. The molecule has 2 heterocycles. The summed E-state index contributed by atoms with van der Waals surface area (Å²) < 4.78 is 11.0. The van der Waals surface area contributed by atoms with Crippen LogP contribution in [0.15, 0.2) is 18.2 Å². The van der Waals surface area contributed by atoms with Gasteiger partial charge in [0.25, 0.3) is 0 Å². The molecule has 2 aliphatic heterocycles. The normalized spacial score (nSPS) is 18.1. The minimum Gasteiger partial charge on any atom is -0.486 e. The first-order valence-electron chi connectivity index (χ1n) is 6.74. The summed E-state index contributed by atoms with van der Waals surface area (Å²) in [7, 11) is 0. The number of carbonyl (C=O) groups excluding carboxylic acids is 1. The van der Waals surface area contributed by atoms with Crippen LogP contribution in [-0.4, -0.2) is 43.8 Å². The molecule has 0 bridgehead atoms. The highest BCUT2D eigenvalue weighted by Gasteiger charge is 2.17. The zero-order chi connectivity index (χ0) is 13.1. The summed E-state index contributed by atoms with van der Waals surface area (Å²) >= 11 is 0. The van der Waals surface area contributed by atoms with E-state index >= 15 is 0 Å². The number of benzene rings is 1. The SMILES string of the molecule is O=C1NCCCN1CCc1ccc2c(c1)OCCO2. The van der Waals surface area contributed by atoms with E-state index in [1.54, 1.807) is 0 Å². The van der Waals surface area contributed by atoms with Crippen LogP contribution in [0.25, 0.3) is 0 Å². The topological polar surface area (TPSA) is 50.8 Å². The molecule has 5 nitrogen and oxygen atoms in total. The number of nitrogens with one attached hydrogen (secondary N) is 1. The Bertz CT molecular complexity index is 476. The van der Waals surface area contributed by atoms with Crippen molar-refractivity contribution in [2.75, 3.05) is 32.8 Å². The van der Waals surface area contributed by atoms with Crippen LogP contribution in [0.1, 0.15) is 12.0 Å². The fraction of sp³-hybridized carbons (Fsp3) is 0.500. The Balaban J connectivity index is 1.62. The van der Waals surface area contributed by atoms with Crippen molar-refractivity contribution in [2.24, 2.45) is 0 Å². The van der Waals surface area contributed by atoms with Gasteiger partial charge in [0, 0.05) is 19.6 Å². The molecule has 0 saturated carbocycles. The number of hydrogen-bond donors (Lipinski definition) is 1. The van der Waals surface area contributed by atoms with Gasteiger partial charge in [-0.05, 0) is 30.5 Å². The summed E-state index contributed by atoms with van der Waals surface area (Å²) in [5, 5.41) is 2.86.